The van der Waals surface area contributed by atoms with Crippen LogP contribution in [-0.2, 0) is 34.9 Å². The summed E-state index contributed by atoms with van der Waals surface area (Å²) in [5.74, 6) is -0.825. The molecule has 0 amide bonds. The van der Waals surface area contributed by atoms with Crippen molar-refractivity contribution in [2.24, 2.45) is 11.7 Å². The minimum atomic E-state index is -1.63. The molecule has 0 aliphatic heterocycles. The van der Waals surface area contributed by atoms with Crippen molar-refractivity contribution in [3.63, 3.8) is 0 Å². The van der Waals surface area contributed by atoms with Gasteiger partial charge in [0.25, 0.3) is 0 Å². The van der Waals surface area contributed by atoms with Gasteiger partial charge in [0.1, 0.15) is 11.6 Å². The first-order valence-corrected chi connectivity index (χ1v) is 13.0. The Hall–Kier alpha value is -3.54. The van der Waals surface area contributed by atoms with Gasteiger partial charge in [0, 0.05) is 12.8 Å². The molecule has 0 fully saturated rings. The van der Waals surface area contributed by atoms with Crippen LogP contribution in [0.2, 0.25) is 0 Å². The molecule has 3 atom stereocenters. The lowest BCUT2D eigenvalue weighted by molar-refractivity contribution is -0.148. The lowest BCUT2D eigenvalue weighted by Crippen LogP contribution is -2.53. The molecule has 0 radical (unpaired) electrons. The van der Waals surface area contributed by atoms with Crippen LogP contribution in [-0.4, -0.2) is 63.0 Å². The third-order valence-electron chi connectivity index (χ3n) is 5.49. The molecule has 1 aromatic rings. The topological polar surface area (TPSA) is 159 Å². The summed E-state index contributed by atoms with van der Waals surface area (Å²) in [5, 5.41) is 0. The first-order chi connectivity index (χ1) is 18.5. The molecule has 2 N–H and O–H groups in total. The second kappa shape index (κ2) is 17.1. The van der Waals surface area contributed by atoms with Gasteiger partial charge in [-0.2, -0.15) is 0 Å². The molecule has 2 unspecified atom stereocenters. The lowest BCUT2D eigenvalue weighted by atomic mass is 9.86. The summed E-state index contributed by atoms with van der Waals surface area (Å²) in [4.78, 5) is 48.9. The fraction of sp³-hybridized carbons (Fsp3) is 0.630. The molecular weight excluding hydrogens is 514 g/mol. The second-order valence-corrected chi connectivity index (χ2v) is 9.21. The van der Waals surface area contributed by atoms with Crippen LogP contribution in [0.3, 0.4) is 0 Å². The predicted molar refractivity (Wildman–Crippen MR) is 140 cm³/mol. The third kappa shape index (κ3) is 12.2. The number of hydrogen-bond acceptors (Lipinski definition) is 12. The Morgan fingerprint density at radius 1 is 0.872 bits per heavy atom. The Labute approximate surface area is 229 Å². The number of esters is 1. The van der Waals surface area contributed by atoms with Crippen molar-refractivity contribution < 1.29 is 52.3 Å². The van der Waals surface area contributed by atoms with E-state index in [0.717, 1.165) is 6.42 Å². The van der Waals surface area contributed by atoms with Crippen molar-refractivity contribution in [1.82, 2.24) is 0 Å². The summed E-state index contributed by atoms with van der Waals surface area (Å²) < 4.78 is 35.6. The molecule has 0 aliphatic carbocycles. The van der Waals surface area contributed by atoms with E-state index in [1.54, 1.807) is 6.92 Å². The number of carbonyl (C=O) groups is 4. The minimum Gasteiger partial charge on any atom is -0.468 e. The van der Waals surface area contributed by atoms with Gasteiger partial charge in [-0.05, 0) is 43.4 Å². The fourth-order valence-corrected chi connectivity index (χ4v) is 3.31. The monoisotopic (exact) mass is 555 g/mol. The number of nitrogens with two attached hydrogens (primary N) is 1. The van der Waals surface area contributed by atoms with Crippen LogP contribution >= 0.6 is 0 Å². The zero-order valence-electron chi connectivity index (χ0n) is 23.6. The zero-order chi connectivity index (χ0) is 29.4. The summed E-state index contributed by atoms with van der Waals surface area (Å²) in [6, 6.07) is 4.28. The second-order valence-electron chi connectivity index (χ2n) is 9.21. The van der Waals surface area contributed by atoms with E-state index in [1.807, 2.05) is 27.7 Å². The van der Waals surface area contributed by atoms with Crippen LogP contribution in [0.5, 0.6) is 11.5 Å². The first kappa shape index (κ1) is 33.5. The molecule has 1 aromatic carbocycles. The highest BCUT2D eigenvalue weighted by Crippen LogP contribution is 2.31. The van der Waals surface area contributed by atoms with Gasteiger partial charge >= 0.3 is 24.4 Å². The first-order valence-electron chi connectivity index (χ1n) is 13.0. The van der Waals surface area contributed by atoms with Gasteiger partial charge in [-0.15, -0.1) is 0 Å². The van der Waals surface area contributed by atoms with Crippen molar-refractivity contribution in [3.8, 4) is 11.5 Å². The SMILES string of the molecule is CCCOC(=O)Oc1ccc(CC(N)(C[C@H](C)OC(=O)OCC(C)CC)C(=O)OC)cc1OC(=O)OCCC. The standard InChI is InChI=1S/C27H41NO11/c1-7-12-34-24(30)38-21-11-10-20(14-22(21)39-25(31)35-13-8-2)16-27(28,23(29)33-6)15-19(5)37-26(32)36-17-18(4)9-3/h10-11,14,18-19H,7-9,12-13,15-17,28H2,1-6H3/t18?,19-,27?/m0/s1. The Morgan fingerprint density at radius 3 is 2.00 bits per heavy atom. The lowest BCUT2D eigenvalue weighted by Gasteiger charge is -2.29. The van der Waals surface area contributed by atoms with Crippen LogP contribution in [0.1, 0.15) is 65.9 Å². The Balaban J connectivity index is 3.13. The van der Waals surface area contributed by atoms with E-state index in [9.17, 15) is 19.2 Å². The van der Waals surface area contributed by atoms with Crippen LogP contribution < -0.4 is 15.2 Å². The van der Waals surface area contributed by atoms with E-state index in [4.69, 9.17) is 38.9 Å². The maximum absolute atomic E-state index is 12.7. The average molecular weight is 556 g/mol. The highest BCUT2D eigenvalue weighted by atomic mass is 16.7. The zero-order valence-corrected chi connectivity index (χ0v) is 23.6. The Morgan fingerprint density at radius 2 is 1.46 bits per heavy atom. The summed E-state index contributed by atoms with van der Waals surface area (Å²) in [5.41, 5.74) is 5.25. The average Bonchev–Trinajstić information content (AvgIpc) is 2.89. The van der Waals surface area contributed by atoms with Gasteiger partial charge in [-0.1, -0.05) is 40.2 Å². The smallest absolute Gasteiger partial charge is 0.468 e. The molecule has 1 rings (SSSR count). The van der Waals surface area contributed by atoms with Crippen LogP contribution in [0.4, 0.5) is 14.4 Å². The van der Waals surface area contributed by atoms with E-state index in [0.29, 0.717) is 18.4 Å². The van der Waals surface area contributed by atoms with Crippen LogP contribution in [0, 0.1) is 5.92 Å². The van der Waals surface area contributed by atoms with Crippen LogP contribution in [0.25, 0.3) is 0 Å². The van der Waals surface area contributed by atoms with Gasteiger partial charge < -0.3 is 38.9 Å². The maximum Gasteiger partial charge on any atom is 0.513 e. The number of ether oxygens (including phenoxy) is 7. The summed E-state index contributed by atoms with van der Waals surface area (Å²) in [6.45, 7) is 9.60. The van der Waals surface area contributed by atoms with Gasteiger partial charge in [-0.3, -0.25) is 4.79 Å². The molecule has 220 valence electrons. The maximum atomic E-state index is 12.7. The van der Waals surface area contributed by atoms with E-state index in [1.165, 1.54) is 25.3 Å². The summed E-state index contributed by atoms with van der Waals surface area (Å²) in [7, 11) is 1.19. The molecule has 0 aromatic heterocycles. The Kier molecular flexibility index (Phi) is 14.7. The van der Waals surface area contributed by atoms with Gasteiger partial charge in [0.05, 0.1) is 26.9 Å². The number of rotatable bonds is 15. The number of benzene rings is 1. The van der Waals surface area contributed by atoms with Gasteiger partial charge in [0.15, 0.2) is 11.5 Å². The quantitative estimate of drug-likeness (QED) is 0.177. The van der Waals surface area contributed by atoms with E-state index < -0.39 is 36.1 Å². The molecule has 12 heteroatoms. The van der Waals surface area contributed by atoms with Gasteiger partial charge in [-0.25, -0.2) is 14.4 Å². The number of methoxy groups -OCH3 is 1. The summed E-state index contributed by atoms with van der Waals surface area (Å²) in [6.07, 6.45) is -1.86. The molecular formula is C27H41NO11. The molecule has 0 spiro atoms. The molecule has 0 bridgehead atoms. The molecule has 39 heavy (non-hydrogen) atoms. The third-order valence-corrected chi connectivity index (χ3v) is 5.49. The summed E-state index contributed by atoms with van der Waals surface area (Å²) >= 11 is 0. The largest absolute Gasteiger partial charge is 0.513 e. The van der Waals surface area contributed by atoms with E-state index in [2.05, 4.69) is 0 Å². The predicted octanol–water partition coefficient (Wildman–Crippen LogP) is 4.93. The molecule has 0 aliphatic rings. The highest BCUT2D eigenvalue weighted by Gasteiger charge is 2.38. The van der Waals surface area contributed by atoms with Crippen molar-refractivity contribution in [3.05, 3.63) is 23.8 Å². The molecule has 0 saturated heterocycles. The number of hydrogen-bond donors (Lipinski definition) is 1. The highest BCUT2D eigenvalue weighted by molar-refractivity contribution is 5.81. The molecule has 0 saturated carbocycles. The molecule has 12 nitrogen and oxygen atoms in total. The minimum absolute atomic E-state index is 0.101. The van der Waals surface area contributed by atoms with E-state index in [-0.39, 0.29) is 50.1 Å². The van der Waals surface area contributed by atoms with Crippen molar-refractivity contribution in [2.75, 3.05) is 26.9 Å². The van der Waals surface area contributed by atoms with Crippen molar-refractivity contribution in [2.45, 2.75) is 78.4 Å². The van der Waals surface area contributed by atoms with Crippen molar-refractivity contribution >= 4 is 24.4 Å². The van der Waals surface area contributed by atoms with Crippen LogP contribution in [0.15, 0.2) is 18.2 Å². The fourth-order valence-electron chi connectivity index (χ4n) is 3.31. The van der Waals surface area contributed by atoms with Crippen molar-refractivity contribution in [1.29, 1.82) is 0 Å². The normalized spacial score (nSPS) is 13.7. The molecule has 0 heterocycles. The number of carbonyl (C=O) groups excluding carboxylic acids is 4. The Bertz CT molecular complexity index is 952. The van der Waals surface area contributed by atoms with Gasteiger partial charge in [0.2, 0.25) is 0 Å². The van der Waals surface area contributed by atoms with E-state index >= 15 is 0 Å².